The number of amidine groups is 1. The van der Waals surface area contributed by atoms with Gasteiger partial charge < -0.3 is 15.4 Å². The molecule has 1 atom stereocenters. The Morgan fingerprint density at radius 1 is 1.69 bits per heavy atom. The van der Waals surface area contributed by atoms with Crippen LogP contribution in [-0.4, -0.2) is 50.1 Å². The third-order valence-electron chi connectivity index (χ3n) is 2.12. The molecule has 1 rings (SSSR count). The van der Waals surface area contributed by atoms with Gasteiger partial charge in [-0.3, -0.25) is 4.99 Å². The minimum atomic E-state index is 0.00491. The summed E-state index contributed by atoms with van der Waals surface area (Å²) in [6.45, 7) is 5.49. The summed E-state index contributed by atoms with van der Waals surface area (Å²) in [5.74, 6) is 0.647. The van der Waals surface area contributed by atoms with Crippen LogP contribution in [0.3, 0.4) is 0 Å². The Morgan fingerprint density at radius 2 is 2.46 bits per heavy atom. The number of aliphatic imine (C=N–C) groups is 1. The molecular formula is C9H19N3O. The number of nitrogens with zero attached hydrogens (tertiary/aromatic N) is 2. The van der Waals surface area contributed by atoms with Gasteiger partial charge in [0, 0.05) is 19.6 Å². The van der Waals surface area contributed by atoms with Crippen LogP contribution < -0.4 is 5.73 Å². The molecule has 0 spiro atoms. The van der Waals surface area contributed by atoms with Crippen molar-refractivity contribution in [3.8, 4) is 0 Å². The first kappa shape index (κ1) is 10.5. The van der Waals surface area contributed by atoms with E-state index < -0.39 is 0 Å². The van der Waals surface area contributed by atoms with Crippen molar-refractivity contribution >= 4 is 5.84 Å². The fraction of sp³-hybridized carbons (Fsp3) is 0.889. The number of ether oxygens (including phenoxy) is 1. The molecule has 76 valence electrons. The van der Waals surface area contributed by atoms with Gasteiger partial charge in [-0.1, -0.05) is 6.92 Å². The molecule has 1 unspecified atom stereocenters. The van der Waals surface area contributed by atoms with E-state index in [1.165, 1.54) is 0 Å². The minimum Gasteiger partial charge on any atom is -0.385 e. The van der Waals surface area contributed by atoms with Crippen LogP contribution in [0.2, 0.25) is 0 Å². The molecular weight excluding hydrogens is 166 g/mol. The zero-order valence-electron chi connectivity index (χ0n) is 8.49. The molecule has 1 aliphatic heterocycles. The van der Waals surface area contributed by atoms with Gasteiger partial charge in [0.25, 0.3) is 0 Å². The predicted octanol–water partition coefficient (Wildman–Crippen LogP) is 0.0842. The van der Waals surface area contributed by atoms with Gasteiger partial charge in [-0.2, -0.15) is 0 Å². The van der Waals surface area contributed by atoms with Crippen molar-refractivity contribution in [2.75, 3.05) is 33.3 Å². The molecule has 1 heterocycles. The molecule has 1 saturated heterocycles. The molecule has 0 saturated carbocycles. The predicted molar refractivity (Wildman–Crippen MR) is 54.0 cm³/mol. The average Bonchev–Trinajstić information content (AvgIpc) is 2.14. The Morgan fingerprint density at radius 3 is 3.08 bits per heavy atom. The molecule has 0 radical (unpaired) electrons. The highest BCUT2D eigenvalue weighted by Gasteiger charge is 2.20. The molecule has 1 fully saturated rings. The van der Waals surface area contributed by atoms with E-state index in [1.54, 1.807) is 0 Å². The lowest BCUT2D eigenvalue weighted by Crippen LogP contribution is -2.46. The molecule has 13 heavy (non-hydrogen) atoms. The molecule has 0 aromatic rings. The zero-order chi connectivity index (χ0) is 9.68. The van der Waals surface area contributed by atoms with Gasteiger partial charge in [0.2, 0.25) is 0 Å². The van der Waals surface area contributed by atoms with E-state index in [-0.39, 0.29) is 6.10 Å². The van der Waals surface area contributed by atoms with Gasteiger partial charge in [0.15, 0.2) is 0 Å². The summed E-state index contributed by atoms with van der Waals surface area (Å²) in [5, 5.41) is 0. The number of nitrogens with two attached hydrogens (primary N) is 1. The van der Waals surface area contributed by atoms with E-state index in [2.05, 4.69) is 23.9 Å². The van der Waals surface area contributed by atoms with Crippen LogP contribution in [0.1, 0.15) is 13.3 Å². The highest BCUT2D eigenvalue weighted by molar-refractivity contribution is 5.85. The number of hydrogen-bond acceptors (Lipinski definition) is 3. The van der Waals surface area contributed by atoms with Gasteiger partial charge in [-0.05, 0) is 13.5 Å². The lowest BCUT2D eigenvalue weighted by Gasteiger charge is -2.29. The lowest BCUT2D eigenvalue weighted by atomic mass is 10.2. The van der Waals surface area contributed by atoms with Gasteiger partial charge in [0.05, 0.1) is 6.61 Å². The van der Waals surface area contributed by atoms with E-state index in [9.17, 15) is 0 Å². The second kappa shape index (κ2) is 5.19. The summed E-state index contributed by atoms with van der Waals surface area (Å²) in [6.07, 6.45) is 1.04. The van der Waals surface area contributed by atoms with E-state index in [0.29, 0.717) is 5.84 Å². The first-order valence-corrected chi connectivity index (χ1v) is 4.84. The molecule has 0 aromatic heterocycles. The van der Waals surface area contributed by atoms with Gasteiger partial charge >= 0.3 is 0 Å². The molecule has 0 aliphatic carbocycles. The van der Waals surface area contributed by atoms with Crippen molar-refractivity contribution in [3.05, 3.63) is 0 Å². The molecule has 4 heteroatoms. The van der Waals surface area contributed by atoms with Gasteiger partial charge in [0.1, 0.15) is 11.9 Å². The summed E-state index contributed by atoms with van der Waals surface area (Å²) in [5.41, 5.74) is 5.80. The van der Waals surface area contributed by atoms with Crippen molar-refractivity contribution in [2.24, 2.45) is 10.7 Å². The first-order valence-electron chi connectivity index (χ1n) is 4.84. The van der Waals surface area contributed by atoms with E-state index in [0.717, 1.165) is 32.7 Å². The second-order valence-electron chi connectivity index (χ2n) is 3.43. The van der Waals surface area contributed by atoms with Crippen LogP contribution in [0, 0.1) is 0 Å². The van der Waals surface area contributed by atoms with Crippen molar-refractivity contribution < 1.29 is 4.74 Å². The maximum Gasteiger partial charge on any atom is 0.127 e. The monoisotopic (exact) mass is 185 g/mol. The molecule has 1 aliphatic rings. The highest BCUT2D eigenvalue weighted by atomic mass is 16.5. The Hall–Kier alpha value is -0.610. The Balaban J connectivity index is 2.40. The van der Waals surface area contributed by atoms with Crippen molar-refractivity contribution in [1.82, 2.24) is 4.90 Å². The Kier molecular flexibility index (Phi) is 4.18. The van der Waals surface area contributed by atoms with Crippen LogP contribution in [0.4, 0.5) is 0 Å². The van der Waals surface area contributed by atoms with E-state index in [1.807, 2.05) is 0 Å². The fourth-order valence-corrected chi connectivity index (χ4v) is 1.30. The van der Waals surface area contributed by atoms with Crippen molar-refractivity contribution in [2.45, 2.75) is 19.4 Å². The molecule has 0 bridgehead atoms. The number of rotatable bonds is 3. The number of morpholine rings is 1. The Bertz CT molecular complexity index is 182. The SMILES string of the molecule is CCCN=C(N)C1CN(C)CCO1. The molecule has 0 amide bonds. The third kappa shape index (κ3) is 3.32. The number of likely N-dealkylation sites (N-methyl/N-ethyl adjacent to an activating group) is 1. The third-order valence-corrected chi connectivity index (χ3v) is 2.12. The second-order valence-corrected chi connectivity index (χ2v) is 3.43. The fourth-order valence-electron chi connectivity index (χ4n) is 1.30. The summed E-state index contributed by atoms with van der Waals surface area (Å²) >= 11 is 0. The largest absolute Gasteiger partial charge is 0.385 e. The van der Waals surface area contributed by atoms with Gasteiger partial charge in [-0.15, -0.1) is 0 Å². The maximum absolute atomic E-state index is 5.80. The summed E-state index contributed by atoms with van der Waals surface area (Å²) in [7, 11) is 2.07. The Labute approximate surface area is 79.8 Å². The van der Waals surface area contributed by atoms with Crippen LogP contribution >= 0.6 is 0 Å². The standard InChI is InChI=1S/C9H19N3O/c1-3-4-11-9(10)8-7-12(2)5-6-13-8/h8H,3-7H2,1-2H3,(H2,10,11). The van der Waals surface area contributed by atoms with Gasteiger partial charge in [-0.25, -0.2) is 0 Å². The molecule has 0 aromatic carbocycles. The average molecular weight is 185 g/mol. The summed E-state index contributed by atoms with van der Waals surface area (Å²) in [6, 6.07) is 0. The van der Waals surface area contributed by atoms with Crippen LogP contribution in [0.15, 0.2) is 4.99 Å². The van der Waals surface area contributed by atoms with Crippen LogP contribution in [0.25, 0.3) is 0 Å². The maximum atomic E-state index is 5.80. The quantitative estimate of drug-likeness (QED) is 0.500. The zero-order valence-corrected chi connectivity index (χ0v) is 8.49. The van der Waals surface area contributed by atoms with Crippen LogP contribution in [0.5, 0.6) is 0 Å². The summed E-state index contributed by atoms with van der Waals surface area (Å²) in [4.78, 5) is 6.45. The minimum absolute atomic E-state index is 0.00491. The lowest BCUT2D eigenvalue weighted by molar-refractivity contribution is 0.0166. The summed E-state index contributed by atoms with van der Waals surface area (Å²) < 4.78 is 5.51. The highest BCUT2D eigenvalue weighted by Crippen LogP contribution is 2.02. The normalized spacial score (nSPS) is 26.3. The van der Waals surface area contributed by atoms with E-state index in [4.69, 9.17) is 10.5 Å². The first-order chi connectivity index (χ1) is 6.24. The molecule has 2 N–H and O–H groups in total. The molecule has 4 nitrogen and oxygen atoms in total. The van der Waals surface area contributed by atoms with Crippen LogP contribution in [-0.2, 0) is 4.74 Å². The van der Waals surface area contributed by atoms with Crippen molar-refractivity contribution in [3.63, 3.8) is 0 Å². The van der Waals surface area contributed by atoms with E-state index >= 15 is 0 Å². The van der Waals surface area contributed by atoms with Crippen molar-refractivity contribution in [1.29, 1.82) is 0 Å². The number of hydrogen-bond donors (Lipinski definition) is 1. The topological polar surface area (TPSA) is 50.8 Å². The smallest absolute Gasteiger partial charge is 0.127 e.